The van der Waals surface area contributed by atoms with E-state index >= 15 is 0 Å². The van der Waals surface area contributed by atoms with Crippen molar-refractivity contribution in [2.24, 2.45) is 0 Å². The van der Waals surface area contributed by atoms with E-state index in [4.69, 9.17) is 9.26 Å². The third-order valence-electron chi connectivity index (χ3n) is 6.56. The van der Waals surface area contributed by atoms with E-state index in [-0.39, 0.29) is 16.7 Å². The van der Waals surface area contributed by atoms with Crippen LogP contribution in [0, 0.1) is 0 Å². The maximum atomic E-state index is 12.8. The summed E-state index contributed by atoms with van der Waals surface area (Å²) in [6, 6.07) is 16.3. The predicted molar refractivity (Wildman–Crippen MR) is 128 cm³/mol. The maximum Gasteiger partial charge on any atom is 0.243 e. The lowest BCUT2D eigenvalue weighted by Gasteiger charge is -2.30. The minimum absolute atomic E-state index is 0.0954. The van der Waals surface area contributed by atoms with Crippen LogP contribution in [0.15, 0.2) is 64.0 Å². The molecule has 2 fully saturated rings. The fourth-order valence-corrected chi connectivity index (χ4v) is 5.90. The zero-order valence-electron chi connectivity index (χ0n) is 19.4. The van der Waals surface area contributed by atoms with Gasteiger partial charge in [-0.15, -0.1) is 0 Å². The Hall–Kier alpha value is -3.08. The van der Waals surface area contributed by atoms with Gasteiger partial charge >= 0.3 is 0 Å². The number of carbonyl (C=O) groups excluding carboxylic acids is 1. The Morgan fingerprint density at radius 1 is 0.943 bits per heavy atom. The number of likely N-dealkylation sites (tertiary alicyclic amines) is 1. The highest BCUT2D eigenvalue weighted by molar-refractivity contribution is 7.89. The number of rotatable bonds is 6. The maximum absolute atomic E-state index is 12.8. The van der Waals surface area contributed by atoms with E-state index in [1.165, 1.54) is 4.31 Å². The number of piperidine rings is 1. The molecule has 9 nitrogen and oxygen atoms in total. The Kier molecular flexibility index (Phi) is 6.94. The summed E-state index contributed by atoms with van der Waals surface area (Å²) in [5.74, 6) is 1.21. The SMILES string of the molecule is O=C(Cc1ccccc1)N1CCC(c2nc(-c3ccc(S(=O)(=O)N4CCOCC4)cc3)no2)CC1. The zero-order valence-corrected chi connectivity index (χ0v) is 20.2. The molecule has 2 saturated heterocycles. The fraction of sp³-hybridized carbons (Fsp3) is 0.400. The molecule has 1 amide bonds. The van der Waals surface area contributed by atoms with Crippen LogP contribution in [0.1, 0.15) is 30.2 Å². The molecular formula is C25H28N4O5S. The van der Waals surface area contributed by atoms with Gasteiger partial charge in [0, 0.05) is 37.7 Å². The molecule has 0 aliphatic carbocycles. The van der Waals surface area contributed by atoms with E-state index in [9.17, 15) is 13.2 Å². The van der Waals surface area contributed by atoms with Crippen molar-refractivity contribution in [1.82, 2.24) is 19.3 Å². The molecule has 5 rings (SSSR count). The van der Waals surface area contributed by atoms with E-state index in [2.05, 4.69) is 10.1 Å². The molecule has 0 saturated carbocycles. The quantitative estimate of drug-likeness (QED) is 0.517. The number of aromatic nitrogens is 2. The number of carbonyl (C=O) groups is 1. The van der Waals surface area contributed by atoms with Crippen molar-refractivity contribution >= 4 is 15.9 Å². The van der Waals surface area contributed by atoms with Crippen molar-refractivity contribution in [2.75, 3.05) is 39.4 Å². The largest absolute Gasteiger partial charge is 0.379 e. The Bertz CT molecular complexity index is 1250. The molecular weight excluding hydrogens is 468 g/mol. The highest BCUT2D eigenvalue weighted by Crippen LogP contribution is 2.29. The second kappa shape index (κ2) is 10.3. The van der Waals surface area contributed by atoms with Crippen molar-refractivity contribution in [3.63, 3.8) is 0 Å². The van der Waals surface area contributed by atoms with E-state index in [0.29, 0.717) is 63.1 Å². The summed E-state index contributed by atoms with van der Waals surface area (Å²) < 4.78 is 37.9. The molecule has 35 heavy (non-hydrogen) atoms. The molecule has 0 spiro atoms. The third-order valence-corrected chi connectivity index (χ3v) is 8.47. The van der Waals surface area contributed by atoms with Crippen molar-refractivity contribution in [1.29, 1.82) is 0 Å². The molecule has 10 heteroatoms. The number of hydrogen-bond donors (Lipinski definition) is 0. The van der Waals surface area contributed by atoms with Gasteiger partial charge in [0.1, 0.15) is 0 Å². The van der Waals surface area contributed by atoms with Gasteiger partial charge in [-0.1, -0.05) is 35.5 Å². The van der Waals surface area contributed by atoms with Crippen molar-refractivity contribution in [2.45, 2.75) is 30.1 Å². The van der Waals surface area contributed by atoms with Gasteiger partial charge in [-0.25, -0.2) is 8.42 Å². The molecule has 0 radical (unpaired) electrons. The number of ether oxygens (including phenoxy) is 1. The first-order chi connectivity index (χ1) is 17.0. The Balaban J connectivity index is 1.19. The fourth-order valence-electron chi connectivity index (χ4n) is 4.49. The highest BCUT2D eigenvalue weighted by atomic mass is 32.2. The normalized spacial score (nSPS) is 18.0. The lowest BCUT2D eigenvalue weighted by molar-refractivity contribution is -0.131. The van der Waals surface area contributed by atoms with Crippen LogP contribution in [0.2, 0.25) is 0 Å². The Morgan fingerprint density at radius 3 is 2.31 bits per heavy atom. The van der Waals surface area contributed by atoms with Crippen molar-refractivity contribution < 1.29 is 22.5 Å². The molecule has 184 valence electrons. The van der Waals surface area contributed by atoms with Gasteiger partial charge in [0.25, 0.3) is 0 Å². The first-order valence-corrected chi connectivity index (χ1v) is 13.3. The summed E-state index contributed by atoms with van der Waals surface area (Å²) in [7, 11) is -3.55. The first-order valence-electron chi connectivity index (χ1n) is 11.8. The van der Waals surface area contributed by atoms with E-state index < -0.39 is 10.0 Å². The van der Waals surface area contributed by atoms with Crippen LogP contribution in [0.25, 0.3) is 11.4 Å². The number of morpholine rings is 1. The highest BCUT2D eigenvalue weighted by Gasteiger charge is 2.29. The van der Waals surface area contributed by atoms with Crippen LogP contribution < -0.4 is 0 Å². The number of sulfonamides is 1. The van der Waals surface area contributed by atoms with Crippen molar-refractivity contribution in [3.05, 3.63) is 66.1 Å². The van der Waals surface area contributed by atoms with Gasteiger partial charge in [0.15, 0.2) is 0 Å². The summed E-state index contributed by atoms with van der Waals surface area (Å²) >= 11 is 0. The van der Waals surface area contributed by atoms with E-state index in [1.54, 1.807) is 24.3 Å². The molecule has 1 aromatic heterocycles. The third kappa shape index (κ3) is 5.29. The molecule has 0 N–H and O–H groups in total. The minimum Gasteiger partial charge on any atom is -0.379 e. The van der Waals surface area contributed by atoms with Crippen LogP contribution in [0.4, 0.5) is 0 Å². The average molecular weight is 497 g/mol. The number of nitrogens with zero attached hydrogens (tertiary/aromatic N) is 4. The minimum atomic E-state index is -3.55. The standard InChI is InChI=1S/C25H28N4O5S/c30-23(18-19-4-2-1-3-5-19)28-12-10-21(11-13-28)25-26-24(27-34-25)20-6-8-22(9-7-20)35(31,32)29-14-16-33-17-15-29/h1-9,21H,10-18H2. The number of benzene rings is 2. The molecule has 2 aromatic carbocycles. The smallest absolute Gasteiger partial charge is 0.243 e. The molecule has 0 atom stereocenters. The average Bonchev–Trinajstić information content (AvgIpc) is 3.40. The van der Waals surface area contributed by atoms with Gasteiger partial charge in [0.05, 0.1) is 24.5 Å². The van der Waals surface area contributed by atoms with Crippen LogP contribution in [-0.4, -0.2) is 73.1 Å². The zero-order chi connectivity index (χ0) is 24.3. The number of amides is 1. The first kappa shape index (κ1) is 23.7. The van der Waals surface area contributed by atoms with Crippen LogP contribution in [0.3, 0.4) is 0 Å². The van der Waals surface area contributed by atoms with E-state index in [1.807, 2.05) is 35.2 Å². The monoisotopic (exact) mass is 496 g/mol. The van der Waals surface area contributed by atoms with Gasteiger partial charge in [-0.2, -0.15) is 9.29 Å². The number of hydrogen-bond acceptors (Lipinski definition) is 7. The van der Waals surface area contributed by atoms with Gasteiger partial charge in [-0.3, -0.25) is 4.79 Å². The van der Waals surface area contributed by atoms with Crippen molar-refractivity contribution in [3.8, 4) is 11.4 Å². The summed E-state index contributed by atoms with van der Waals surface area (Å²) in [4.78, 5) is 19.3. The molecule has 2 aliphatic heterocycles. The van der Waals surface area contributed by atoms with Crippen LogP contribution in [0.5, 0.6) is 0 Å². The summed E-state index contributed by atoms with van der Waals surface area (Å²) in [5.41, 5.74) is 1.71. The summed E-state index contributed by atoms with van der Waals surface area (Å²) in [6.07, 6.45) is 1.94. The van der Waals surface area contributed by atoms with Gasteiger partial charge < -0.3 is 14.2 Å². The predicted octanol–water partition coefficient (Wildman–Crippen LogP) is 2.71. The molecule has 3 heterocycles. The molecule has 2 aliphatic rings. The molecule has 0 unspecified atom stereocenters. The molecule has 3 aromatic rings. The van der Waals surface area contributed by atoms with Gasteiger partial charge in [-0.05, 0) is 42.7 Å². The topological polar surface area (TPSA) is 106 Å². The second-order valence-electron chi connectivity index (χ2n) is 8.81. The van der Waals surface area contributed by atoms with Crippen LogP contribution in [-0.2, 0) is 26.0 Å². The molecule has 0 bridgehead atoms. The lowest BCUT2D eigenvalue weighted by Crippen LogP contribution is -2.40. The summed E-state index contributed by atoms with van der Waals surface area (Å²) in [6.45, 7) is 2.83. The second-order valence-corrected chi connectivity index (χ2v) is 10.8. The van der Waals surface area contributed by atoms with Crippen LogP contribution >= 0.6 is 0 Å². The van der Waals surface area contributed by atoms with E-state index in [0.717, 1.165) is 18.4 Å². The van der Waals surface area contributed by atoms with Gasteiger partial charge in [0.2, 0.25) is 27.6 Å². The lowest BCUT2D eigenvalue weighted by atomic mass is 9.96. The summed E-state index contributed by atoms with van der Waals surface area (Å²) in [5, 5.41) is 4.11. The Morgan fingerprint density at radius 2 is 1.63 bits per heavy atom. The Labute approximate surface area is 204 Å².